The van der Waals surface area contributed by atoms with E-state index in [2.05, 4.69) is 58.0 Å². The first-order valence-corrected chi connectivity index (χ1v) is 11.5. The van der Waals surface area contributed by atoms with Crippen molar-refractivity contribution in [3.63, 3.8) is 0 Å². The van der Waals surface area contributed by atoms with E-state index in [1.54, 1.807) is 25.3 Å². The van der Waals surface area contributed by atoms with Crippen LogP contribution in [0.3, 0.4) is 0 Å². The lowest BCUT2D eigenvalue weighted by atomic mass is 9.95. The van der Waals surface area contributed by atoms with Crippen molar-refractivity contribution in [3.05, 3.63) is 77.9 Å². The highest BCUT2D eigenvalue weighted by Crippen LogP contribution is 2.25. The molecule has 0 aromatic heterocycles. The van der Waals surface area contributed by atoms with Crippen molar-refractivity contribution in [2.75, 3.05) is 38.7 Å². The first-order valence-electron chi connectivity index (χ1n) is 11.5. The Morgan fingerprint density at radius 1 is 1.03 bits per heavy atom. The van der Waals surface area contributed by atoms with Gasteiger partial charge in [-0.3, -0.25) is 14.5 Å². The number of hydrogen-bond acceptors (Lipinski definition) is 4. The van der Waals surface area contributed by atoms with Gasteiger partial charge in [0.05, 0.1) is 23.8 Å². The molecule has 1 aliphatic heterocycles. The highest BCUT2D eigenvalue weighted by Gasteiger charge is 2.27. The molecule has 1 unspecified atom stereocenters. The molecular weight excluding hydrogens is 414 g/mol. The van der Waals surface area contributed by atoms with Gasteiger partial charge in [0, 0.05) is 26.7 Å². The largest absolute Gasteiger partial charge is 0.383 e. The van der Waals surface area contributed by atoms with Gasteiger partial charge in [0.15, 0.2) is 0 Å². The summed E-state index contributed by atoms with van der Waals surface area (Å²) in [6, 6.07) is 22.0. The van der Waals surface area contributed by atoms with Crippen LogP contribution in [0.5, 0.6) is 0 Å². The van der Waals surface area contributed by atoms with Gasteiger partial charge in [-0.2, -0.15) is 0 Å². The number of piperidine rings is 1. The number of fused-ring (bicyclic) bond motifs is 1. The molecule has 0 radical (unpaired) electrons. The molecule has 2 N–H and O–H groups in total. The van der Waals surface area contributed by atoms with Gasteiger partial charge in [-0.15, -0.1) is 0 Å². The minimum atomic E-state index is -0.218. The fourth-order valence-electron chi connectivity index (χ4n) is 4.47. The van der Waals surface area contributed by atoms with Gasteiger partial charge in [-0.25, -0.2) is 0 Å². The molecule has 0 bridgehead atoms. The van der Waals surface area contributed by atoms with Gasteiger partial charge in [-0.05, 0) is 47.9 Å². The second-order valence-electron chi connectivity index (χ2n) is 8.50. The molecule has 0 spiro atoms. The number of carbonyl (C=O) groups is 2. The van der Waals surface area contributed by atoms with Crippen molar-refractivity contribution in [2.24, 2.45) is 5.92 Å². The maximum Gasteiger partial charge on any atom is 0.253 e. The number of carbonyl (C=O) groups excluding carboxylic acids is 2. The number of rotatable bonds is 8. The normalized spacial score (nSPS) is 16.5. The van der Waals surface area contributed by atoms with Crippen molar-refractivity contribution in [2.45, 2.75) is 19.4 Å². The number of amides is 2. The van der Waals surface area contributed by atoms with E-state index in [0.29, 0.717) is 30.9 Å². The van der Waals surface area contributed by atoms with Gasteiger partial charge in [0.2, 0.25) is 5.91 Å². The number of ether oxygens (including phenoxy) is 1. The molecule has 6 nitrogen and oxygen atoms in total. The van der Waals surface area contributed by atoms with Gasteiger partial charge >= 0.3 is 0 Å². The van der Waals surface area contributed by atoms with Crippen molar-refractivity contribution in [1.82, 2.24) is 10.2 Å². The third kappa shape index (κ3) is 5.78. The maximum absolute atomic E-state index is 13.1. The lowest BCUT2D eigenvalue weighted by Gasteiger charge is -2.32. The minimum Gasteiger partial charge on any atom is -0.383 e. The van der Waals surface area contributed by atoms with Crippen LogP contribution in [0.2, 0.25) is 0 Å². The van der Waals surface area contributed by atoms with Crippen LogP contribution < -0.4 is 10.6 Å². The molecule has 172 valence electrons. The van der Waals surface area contributed by atoms with Gasteiger partial charge in [0.1, 0.15) is 0 Å². The summed E-state index contributed by atoms with van der Waals surface area (Å²) in [6.45, 7) is 3.37. The van der Waals surface area contributed by atoms with Crippen LogP contribution in [-0.4, -0.2) is 50.1 Å². The molecule has 1 saturated heterocycles. The van der Waals surface area contributed by atoms with E-state index >= 15 is 0 Å². The molecule has 1 heterocycles. The second kappa shape index (κ2) is 11.1. The van der Waals surface area contributed by atoms with Gasteiger partial charge in [-0.1, -0.05) is 54.6 Å². The average Bonchev–Trinajstić information content (AvgIpc) is 2.85. The quantitative estimate of drug-likeness (QED) is 0.513. The van der Waals surface area contributed by atoms with Crippen LogP contribution in [0.1, 0.15) is 28.8 Å². The fraction of sp³-hybridized carbons (Fsp3) is 0.333. The fourth-order valence-corrected chi connectivity index (χ4v) is 4.47. The van der Waals surface area contributed by atoms with E-state index in [4.69, 9.17) is 4.74 Å². The number of benzene rings is 3. The SMILES string of the molecule is COCCNC(=O)c1ccccc1NC(=O)C1CCCN(Cc2cccc3ccccc23)C1. The number of para-hydroxylation sites is 1. The molecule has 2 amide bonds. The van der Waals surface area contributed by atoms with Crippen LogP contribution in [-0.2, 0) is 16.1 Å². The number of hydrogen-bond donors (Lipinski definition) is 2. The van der Waals surface area contributed by atoms with Crippen LogP contribution >= 0.6 is 0 Å². The Balaban J connectivity index is 1.41. The van der Waals surface area contributed by atoms with Gasteiger partial charge < -0.3 is 15.4 Å². The molecule has 1 aliphatic rings. The van der Waals surface area contributed by atoms with Crippen LogP contribution in [0.4, 0.5) is 5.69 Å². The van der Waals surface area contributed by atoms with Crippen molar-refractivity contribution >= 4 is 28.3 Å². The maximum atomic E-state index is 13.1. The molecule has 1 fully saturated rings. The topological polar surface area (TPSA) is 70.7 Å². The van der Waals surface area contributed by atoms with E-state index in [1.165, 1.54) is 16.3 Å². The molecule has 33 heavy (non-hydrogen) atoms. The summed E-state index contributed by atoms with van der Waals surface area (Å²) in [5.74, 6) is -0.364. The summed E-state index contributed by atoms with van der Waals surface area (Å²) in [4.78, 5) is 28.0. The molecule has 6 heteroatoms. The molecule has 1 atom stereocenters. The standard InChI is InChI=1S/C27H31N3O3/c1-33-17-15-28-27(32)24-13-4-5-14-25(24)29-26(31)22-11-7-16-30(19-22)18-21-10-6-9-20-8-2-3-12-23(20)21/h2-6,8-10,12-14,22H,7,11,15-19H2,1H3,(H,28,32)(H,29,31). The smallest absolute Gasteiger partial charge is 0.253 e. The summed E-state index contributed by atoms with van der Waals surface area (Å²) in [5, 5.41) is 8.33. The third-order valence-corrected chi connectivity index (χ3v) is 6.17. The second-order valence-corrected chi connectivity index (χ2v) is 8.50. The highest BCUT2D eigenvalue weighted by molar-refractivity contribution is 6.04. The molecule has 0 saturated carbocycles. The first-order chi connectivity index (χ1) is 16.2. The predicted molar refractivity (Wildman–Crippen MR) is 131 cm³/mol. The van der Waals surface area contributed by atoms with E-state index in [-0.39, 0.29) is 17.7 Å². The number of methoxy groups -OCH3 is 1. The molecule has 0 aliphatic carbocycles. The summed E-state index contributed by atoms with van der Waals surface area (Å²) >= 11 is 0. The Hall–Kier alpha value is -3.22. The Morgan fingerprint density at radius 2 is 1.82 bits per heavy atom. The van der Waals surface area contributed by atoms with E-state index in [0.717, 1.165) is 25.9 Å². The average molecular weight is 446 g/mol. The van der Waals surface area contributed by atoms with E-state index in [9.17, 15) is 9.59 Å². The zero-order valence-corrected chi connectivity index (χ0v) is 19.0. The first kappa shape index (κ1) is 23.0. The van der Waals surface area contributed by atoms with Crippen LogP contribution in [0.25, 0.3) is 10.8 Å². The van der Waals surface area contributed by atoms with Crippen molar-refractivity contribution in [1.29, 1.82) is 0 Å². The molecule has 3 aromatic carbocycles. The van der Waals surface area contributed by atoms with Crippen molar-refractivity contribution < 1.29 is 14.3 Å². The predicted octanol–water partition coefficient (Wildman–Crippen LogP) is 4.07. The number of likely N-dealkylation sites (tertiary alicyclic amines) is 1. The Kier molecular flexibility index (Phi) is 7.70. The minimum absolute atomic E-state index is 0.0326. The lowest BCUT2D eigenvalue weighted by molar-refractivity contribution is -0.121. The van der Waals surface area contributed by atoms with E-state index in [1.807, 2.05) is 6.07 Å². The molecule has 4 rings (SSSR count). The van der Waals surface area contributed by atoms with Crippen LogP contribution in [0.15, 0.2) is 66.7 Å². The summed E-state index contributed by atoms with van der Waals surface area (Å²) in [5.41, 5.74) is 2.29. The van der Waals surface area contributed by atoms with E-state index < -0.39 is 0 Å². The molecule has 3 aromatic rings. The number of anilines is 1. The van der Waals surface area contributed by atoms with Crippen molar-refractivity contribution in [3.8, 4) is 0 Å². The molecular formula is C27H31N3O3. The zero-order valence-electron chi connectivity index (χ0n) is 19.0. The summed E-state index contributed by atoms with van der Waals surface area (Å²) in [6.07, 6.45) is 1.82. The summed E-state index contributed by atoms with van der Waals surface area (Å²) in [7, 11) is 1.59. The lowest BCUT2D eigenvalue weighted by Crippen LogP contribution is -2.40. The summed E-state index contributed by atoms with van der Waals surface area (Å²) < 4.78 is 4.99. The van der Waals surface area contributed by atoms with Crippen LogP contribution in [0, 0.1) is 5.92 Å². The monoisotopic (exact) mass is 445 g/mol. The number of nitrogens with one attached hydrogen (secondary N) is 2. The Bertz CT molecular complexity index is 1110. The number of nitrogens with zero attached hydrogens (tertiary/aromatic N) is 1. The highest BCUT2D eigenvalue weighted by atomic mass is 16.5. The Morgan fingerprint density at radius 3 is 2.70 bits per heavy atom. The Labute approximate surface area is 194 Å². The zero-order chi connectivity index (χ0) is 23.0. The van der Waals surface area contributed by atoms with Gasteiger partial charge in [0.25, 0.3) is 5.91 Å². The third-order valence-electron chi connectivity index (χ3n) is 6.17.